The Hall–Kier alpha value is -0.650. The number of nitrogens with one attached hydrogen (secondary N) is 3. The molecule has 0 spiro atoms. The van der Waals surface area contributed by atoms with Gasteiger partial charge in [0, 0.05) is 26.2 Å². The first kappa shape index (κ1) is 9.44. The third-order valence-corrected chi connectivity index (χ3v) is 1.77. The van der Waals surface area contributed by atoms with Crippen molar-refractivity contribution in [1.82, 2.24) is 16.0 Å². The summed E-state index contributed by atoms with van der Waals surface area (Å²) < 4.78 is 0. The van der Waals surface area contributed by atoms with Gasteiger partial charge in [-0.3, -0.25) is 4.79 Å². The minimum Gasteiger partial charge on any atom is -0.395 e. The van der Waals surface area contributed by atoms with E-state index >= 15 is 0 Å². The molecule has 1 fully saturated rings. The van der Waals surface area contributed by atoms with Crippen molar-refractivity contribution < 1.29 is 9.90 Å². The smallest absolute Gasteiger partial charge is 0.238 e. The van der Waals surface area contributed by atoms with Gasteiger partial charge in [-0.15, -0.1) is 0 Å². The fraction of sp³-hybridized carbons (Fsp3) is 0.857. The Morgan fingerprint density at radius 3 is 3.00 bits per heavy atom. The quantitative estimate of drug-likeness (QED) is 0.386. The lowest BCUT2D eigenvalue weighted by atomic mass is 10.2. The third kappa shape index (κ3) is 2.77. The van der Waals surface area contributed by atoms with Gasteiger partial charge in [-0.05, 0) is 0 Å². The monoisotopic (exact) mass is 173 g/mol. The van der Waals surface area contributed by atoms with Crippen molar-refractivity contribution in [3.05, 3.63) is 0 Å². The summed E-state index contributed by atoms with van der Waals surface area (Å²) in [6.45, 7) is 2.71. The summed E-state index contributed by atoms with van der Waals surface area (Å²) in [5, 5.41) is 17.3. The van der Waals surface area contributed by atoms with E-state index in [1.807, 2.05) is 0 Å². The highest BCUT2D eigenvalue weighted by molar-refractivity contribution is 5.82. The predicted molar refractivity (Wildman–Crippen MR) is 44.8 cm³/mol. The number of piperazine rings is 1. The summed E-state index contributed by atoms with van der Waals surface area (Å²) in [6.07, 6.45) is 0. The number of carbonyl (C=O) groups excluding carboxylic acids is 1. The van der Waals surface area contributed by atoms with Crippen molar-refractivity contribution in [2.75, 3.05) is 32.8 Å². The SMILES string of the molecule is O=C(NCCO)C1CNCCN1. The van der Waals surface area contributed by atoms with Crippen molar-refractivity contribution in [2.24, 2.45) is 0 Å². The highest BCUT2D eigenvalue weighted by atomic mass is 16.3. The number of hydrogen-bond donors (Lipinski definition) is 4. The van der Waals surface area contributed by atoms with E-state index in [2.05, 4.69) is 16.0 Å². The van der Waals surface area contributed by atoms with E-state index in [-0.39, 0.29) is 18.6 Å². The van der Waals surface area contributed by atoms with Crippen LogP contribution in [0, 0.1) is 0 Å². The molecule has 1 rings (SSSR count). The molecule has 1 aliphatic heterocycles. The van der Waals surface area contributed by atoms with Crippen LogP contribution >= 0.6 is 0 Å². The minimum atomic E-state index is -0.148. The second-order valence-corrected chi connectivity index (χ2v) is 2.73. The third-order valence-electron chi connectivity index (χ3n) is 1.77. The zero-order valence-corrected chi connectivity index (χ0v) is 6.97. The van der Waals surface area contributed by atoms with E-state index in [1.165, 1.54) is 0 Å². The van der Waals surface area contributed by atoms with Gasteiger partial charge in [0.05, 0.1) is 12.6 Å². The molecule has 0 aromatic rings. The lowest BCUT2D eigenvalue weighted by Gasteiger charge is -2.23. The molecule has 0 aromatic carbocycles. The van der Waals surface area contributed by atoms with Crippen LogP contribution in [0.3, 0.4) is 0 Å². The van der Waals surface area contributed by atoms with E-state index < -0.39 is 0 Å². The summed E-state index contributed by atoms with van der Waals surface area (Å²) in [5.74, 6) is -0.0451. The first-order valence-corrected chi connectivity index (χ1v) is 4.17. The van der Waals surface area contributed by atoms with E-state index in [0.29, 0.717) is 13.1 Å². The van der Waals surface area contributed by atoms with Gasteiger partial charge in [0.2, 0.25) is 5.91 Å². The Bertz CT molecular complexity index is 146. The van der Waals surface area contributed by atoms with E-state index in [1.54, 1.807) is 0 Å². The van der Waals surface area contributed by atoms with Crippen molar-refractivity contribution in [1.29, 1.82) is 0 Å². The van der Waals surface area contributed by atoms with Crippen LogP contribution in [0.1, 0.15) is 0 Å². The summed E-state index contributed by atoms with van der Waals surface area (Å²) >= 11 is 0. The van der Waals surface area contributed by atoms with Crippen LogP contribution in [0.5, 0.6) is 0 Å². The summed E-state index contributed by atoms with van der Waals surface area (Å²) in [5.41, 5.74) is 0. The number of rotatable bonds is 3. The van der Waals surface area contributed by atoms with Crippen LogP contribution in [0.2, 0.25) is 0 Å². The molecular weight excluding hydrogens is 158 g/mol. The normalized spacial score (nSPS) is 23.6. The Labute approximate surface area is 71.5 Å². The molecule has 0 bridgehead atoms. The standard InChI is InChI=1S/C7H15N3O2/c11-4-3-10-7(12)6-5-8-1-2-9-6/h6,8-9,11H,1-5H2,(H,10,12). The number of hydrogen-bond acceptors (Lipinski definition) is 4. The summed E-state index contributed by atoms with van der Waals surface area (Å²) in [7, 11) is 0. The Morgan fingerprint density at radius 1 is 1.58 bits per heavy atom. The molecule has 1 atom stereocenters. The Balaban J connectivity index is 2.20. The second-order valence-electron chi connectivity index (χ2n) is 2.73. The number of aliphatic hydroxyl groups excluding tert-OH is 1. The van der Waals surface area contributed by atoms with Crippen molar-refractivity contribution in [3.63, 3.8) is 0 Å². The minimum absolute atomic E-state index is 0.00805. The maximum atomic E-state index is 11.2. The fourth-order valence-electron chi connectivity index (χ4n) is 1.14. The molecule has 1 heterocycles. The van der Waals surface area contributed by atoms with E-state index in [0.717, 1.165) is 13.1 Å². The molecule has 0 saturated carbocycles. The van der Waals surface area contributed by atoms with Gasteiger partial charge in [-0.2, -0.15) is 0 Å². The van der Waals surface area contributed by atoms with E-state index in [4.69, 9.17) is 5.11 Å². The predicted octanol–water partition coefficient (Wildman–Crippen LogP) is -2.34. The molecule has 5 nitrogen and oxygen atoms in total. The van der Waals surface area contributed by atoms with Gasteiger partial charge in [0.15, 0.2) is 0 Å². The number of amides is 1. The van der Waals surface area contributed by atoms with Gasteiger partial charge in [-0.1, -0.05) is 0 Å². The van der Waals surface area contributed by atoms with Crippen LogP contribution in [-0.2, 0) is 4.79 Å². The molecule has 0 radical (unpaired) electrons. The van der Waals surface area contributed by atoms with Crippen molar-refractivity contribution in [2.45, 2.75) is 6.04 Å². The van der Waals surface area contributed by atoms with E-state index in [9.17, 15) is 4.79 Å². The summed E-state index contributed by atoms with van der Waals surface area (Å²) in [6, 6.07) is -0.148. The molecule has 70 valence electrons. The first-order valence-electron chi connectivity index (χ1n) is 4.17. The van der Waals surface area contributed by atoms with Crippen LogP contribution in [0.15, 0.2) is 0 Å². The van der Waals surface area contributed by atoms with Gasteiger partial charge < -0.3 is 21.1 Å². The van der Waals surface area contributed by atoms with Gasteiger partial charge in [0.1, 0.15) is 0 Å². The molecule has 0 aromatic heterocycles. The Morgan fingerprint density at radius 2 is 2.42 bits per heavy atom. The van der Waals surface area contributed by atoms with Crippen molar-refractivity contribution >= 4 is 5.91 Å². The van der Waals surface area contributed by atoms with Crippen LogP contribution in [0.4, 0.5) is 0 Å². The molecule has 1 aliphatic rings. The molecular formula is C7H15N3O2. The number of aliphatic hydroxyl groups is 1. The zero-order chi connectivity index (χ0) is 8.81. The average molecular weight is 173 g/mol. The topological polar surface area (TPSA) is 73.4 Å². The first-order chi connectivity index (χ1) is 5.84. The largest absolute Gasteiger partial charge is 0.395 e. The fourth-order valence-corrected chi connectivity index (χ4v) is 1.14. The highest BCUT2D eigenvalue weighted by Crippen LogP contribution is 1.86. The van der Waals surface area contributed by atoms with Gasteiger partial charge in [-0.25, -0.2) is 0 Å². The zero-order valence-electron chi connectivity index (χ0n) is 6.97. The molecule has 4 N–H and O–H groups in total. The van der Waals surface area contributed by atoms with Crippen LogP contribution < -0.4 is 16.0 Å². The maximum absolute atomic E-state index is 11.2. The molecule has 12 heavy (non-hydrogen) atoms. The molecule has 0 aliphatic carbocycles. The summed E-state index contributed by atoms with van der Waals surface area (Å²) in [4.78, 5) is 11.2. The lowest BCUT2D eigenvalue weighted by Crippen LogP contribution is -2.55. The average Bonchev–Trinajstić information content (AvgIpc) is 2.15. The lowest BCUT2D eigenvalue weighted by molar-refractivity contribution is -0.123. The van der Waals surface area contributed by atoms with Gasteiger partial charge in [0.25, 0.3) is 0 Å². The van der Waals surface area contributed by atoms with Crippen molar-refractivity contribution in [3.8, 4) is 0 Å². The molecule has 1 amide bonds. The maximum Gasteiger partial charge on any atom is 0.238 e. The molecule has 1 saturated heterocycles. The van der Waals surface area contributed by atoms with Crippen LogP contribution in [0.25, 0.3) is 0 Å². The highest BCUT2D eigenvalue weighted by Gasteiger charge is 2.18. The second kappa shape index (κ2) is 5.08. The number of carbonyl (C=O) groups is 1. The molecule has 5 heteroatoms. The van der Waals surface area contributed by atoms with Gasteiger partial charge >= 0.3 is 0 Å². The Kier molecular flexibility index (Phi) is 3.99. The van der Waals surface area contributed by atoms with Crippen LogP contribution in [-0.4, -0.2) is 49.8 Å². The molecule has 1 unspecified atom stereocenters.